The van der Waals surface area contributed by atoms with Crippen molar-refractivity contribution in [3.8, 4) is 17.3 Å². The average molecular weight is 472 g/mol. The van der Waals surface area contributed by atoms with Gasteiger partial charge in [-0.15, -0.1) is 0 Å². The van der Waals surface area contributed by atoms with Crippen LogP contribution in [0.25, 0.3) is 22.4 Å². The van der Waals surface area contributed by atoms with Crippen molar-refractivity contribution < 1.29 is 17.9 Å². The summed E-state index contributed by atoms with van der Waals surface area (Å²) < 4.78 is 36.4. The predicted octanol–water partition coefficient (Wildman–Crippen LogP) is 3.07. The Morgan fingerprint density at radius 3 is 2.88 bits per heavy atom. The Morgan fingerprint density at radius 2 is 2.15 bits per heavy atom. The van der Waals surface area contributed by atoms with Crippen molar-refractivity contribution in [2.24, 2.45) is 0 Å². The lowest BCUT2D eigenvalue weighted by Gasteiger charge is -2.35. The molecule has 3 aromatic rings. The van der Waals surface area contributed by atoms with Crippen LogP contribution < -0.4 is 9.64 Å². The normalized spacial score (nSPS) is 24.9. The summed E-state index contributed by atoms with van der Waals surface area (Å²) in [4.78, 5) is 19.6. The molecular weight excluding hydrogens is 442 g/mol. The number of hydrogen-bond donors (Lipinski definition) is 1. The van der Waals surface area contributed by atoms with E-state index < -0.39 is 14.6 Å². The van der Waals surface area contributed by atoms with Gasteiger partial charge in [0.15, 0.2) is 15.7 Å². The highest BCUT2D eigenvalue weighted by molar-refractivity contribution is 7.92. The summed E-state index contributed by atoms with van der Waals surface area (Å²) in [6, 6.07) is 5.73. The van der Waals surface area contributed by atoms with Gasteiger partial charge in [0.2, 0.25) is 5.88 Å². The SMILES string of the molecule is CCOc1cc(-c2nc(N3CCOCC3C)cc(C3(C)CCCS3(=O)=O)n2)c2cc[nH]c2n1. The average Bonchev–Trinajstić information content (AvgIpc) is 3.37. The first-order valence-corrected chi connectivity index (χ1v) is 13.0. The number of sulfone groups is 1. The third kappa shape index (κ3) is 3.74. The third-order valence-electron chi connectivity index (χ3n) is 6.71. The van der Waals surface area contributed by atoms with E-state index >= 15 is 0 Å². The maximum absolute atomic E-state index is 13.1. The van der Waals surface area contributed by atoms with Crippen LogP contribution in [0.2, 0.25) is 0 Å². The Bertz CT molecular complexity index is 1290. The Hall–Kier alpha value is -2.72. The van der Waals surface area contributed by atoms with E-state index in [0.29, 0.717) is 68.1 Å². The molecule has 0 aliphatic carbocycles. The molecule has 2 atom stereocenters. The van der Waals surface area contributed by atoms with Gasteiger partial charge in [0.05, 0.1) is 37.3 Å². The molecule has 176 valence electrons. The van der Waals surface area contributed by atoms with Crippen LogP contribution in [0.15, 0.2) is 24.4 Å². The van der Waals surface area contributed by atoms with Gasteiger partial charge in [-0.1, -0.05) is 0 Å². The minimum Gasteiger partial charge on any atom is -0.478 e. The lowest BCUT2D eigenvalue weighted by molar-refractivity contribution is 0.0985. The van der Waals surface area contributed by atoms with E-state index in [1.165, 1.54) is 0 Å². The van der Waals surface area contributed by atoms with Crippen LogP contribution in [-0.2, 0) is 19.3 Å². The van der Waals surface area contributed by atoms with Gasteiger partial charge in [-0.3, -0.25) is 0 Å². The van der Waals surface area contributed by atoms with Crippen molar-refractivity contribution in [2.45, 2.75) is 44.4 Å². The maximum Gasteiger partial charge on any atom is 0.215 e. The number of fused-ring (bicyclic) bond motifs is 1. The number of H-pyrrole nitrogens is 1. The maximum atomic E-state index is 13.1. The Balaban J connectivity index is 1.74. The van der Waals surface area contributed by atoms with Crippen molar-refractivity contribution in [3.05, 3.63) is 30.1 Å². The molecule has 0 bridgehead atoms. The molecule has 2 aliphatic rings. The summed E-state index contributed by atoms with van der Waals surface area (Å²) in [6.07, 6.45) is 2.99. The van der Waals surface area contributed by atoms with Gasteiger partial charge in [-0.25, -0.2) is 18.4 Å². The molecule has 2 aliphatic heterocycles. The zero-order chi connectivity index (χ0) is 23.2. The van der Waals surface area contributed by atoms with E-state index in [9.17, 15) is 8.42 Å². The minimum atomic E-state index is -3.32. The number of ether oxygens (including phenoxy) is 2. The highest BCUT2D eigenvalue weighted by Gasteiger charge is 2.47. The van der Waals surface area contributed by atoms with Gasteiger partial charge >= 0.3 is 0 Å². The number of nitrogens with one attached hydrogen (secondary N) is 1. The van der Waals surface area contributed by atoms with Crippen LogP contribution in [0.1, 0.15) is 39.3 Å². The van der Waals surface area contributed by atoms with Crippen LogP contribution in [0.3, 0.4) is 0 Å². The second-order valence-corrected chi connectivity index (χ2v) is 11.4. The number of morpholine rings is 1. The highest BCUT2D eigenvalue weighted by Crippen LogP contribution is 2.42. The lowest BCUT2D eigenvalue weighted by Crippen LogP contribution is -2.44. The van der Waals surface area contributed by atoms with Crippen LogP contribution >= 0.6 is 0 Å². The largest absolute Gasteiger partial charge is 0.478 e. The topological polar surface area (TPSA) is 110 Å². The fraction of sp³-hybridized carbons (Fsp3) is 0.522. The minimum absolute atomic E-state index is 0.117. The Labute approximate surface area is 193 Å². The summed E-state index contributed by atoms with van der Waals surface area (Å²) in [7, 11) is -3.32. The molecule has 2 fully saturated rings. The third-order valence-corrected chi connectivity index (χ3v) is 9.32. The number of aromatic nitrogens is 4. The van der Waals surface area contributed by atoms with Gasteiger partial charge < -0.3 is 19.4 Å². The summed E-state index contributed by atoms with van der Waals surface area (Å²) in [5.41, 5.74) is 1.97. The van der Waals surface area contributed by atoms with E-state index in [0.717, 1.165) is 10.9 Å². The van der Waals surface area contributed by atoms with Crippen molar-refractivity contribution in [1.29, 1.82) is 0 Å². The zero-order valence-electron chi connectivity index (χ0n) is 19.2. The van der Waals surface area contributed by atoms with Gasteiger partial charge in [0, 0.05) is 35.8 Å². The second kappa shape index (κ2) is 8.25. The van der Waals surface area contributed by atoms with E-state index in [-0.39, 0.29) is 11.8 Å². The van der Waals surface area contributed by atoms with Crippen molar-refractivity contribution in [3.63, 3.8) is 0 Å². The molecule has 0 spiro atoms. The molecule has 1 N–H and O–H groups in total. The number of rotatable bonds is 5. The first-order chi connectivity index (χ1) is 15.8. The van der Waals surface area contributed by atoms with Crippen LogP contribution in [0, 0.1) is 0 Å². The second-order valence-electron chi connectivity index (χ2n) is 8.89. The molecule has 0 amide bonds. The van der Waals surface area contributed by atoms with Crippen LogP contribution in [0.4, 0.5) is 5.82 Å². The van der Waals surface area contributed by atoms with E-state index in [1.807, 2.05) is 31.3 Å². The monoisotopic (exact) mass is 471 g/mol. The van der Waals surface area contributed by atoms with Gasteiger partial charge in [0.25, 0.3) is 0 Å². The molecule has 3 aromatic heterocycles. The van der Waals surface area contributed by atoms with E-state index in [1.54, 1.807) is 6.92 Å². The van der Waals surface area contributed by atoms with Crippen molar-refractivity contribution >= 4 is 26.7 Å². The van der Waals surface area contributed by atoms with Crippen LogP contribution in [-0.4, -0.2) is 66.5 Å². The molecular formula is C23H29N5O4S. The number of aromatic amines is 1. The van der Waals surface area contributed by atoms with Gasteiger partial charge in [-0.2, -0.15) is 4.98 Å². The van der Waals surface area contributed by atoms with Gasteiger partial charge in [0.1, 0.15) is 16.2 Å². The molecule has 0 radical (unpaired) electrons. The van der Waals surface area contributed by atoms with Gasteiger partial charge in [-0.05, 0) is 39.7 Å². The van der Waals surface area contributed by atoms with E-state index in [2.05, 4.69) is 21.8 Å². The molecule has 2 saturated heterocycles. The van der Waals surface area contributed by atoms with Crippen LogP contribution in [0.5, 0.6) is 5.88 Å². The fourth-order valence-electron chi connectivity index (χ4n) is 4.73. The first kappa shape index (κ1) is 22.1. The standard InChI is InChI=1S/C23H29N5O4S/c1-4-32-20-12-17(16-6-8-24-21(16)27-20)22-25-18(23(3)7-5-11-33(23,29)30)13-19(26-22)28-9-10-31-14-15(28)2/h6,8,12-13,15H,4-5,7,9-11,14H2,1-3H3,(H,24,27). The number of pyridine rings is 1. The molecule has 2 unspecified atom stereocenters. The number of anilines is 1. The molecule has 9 nitrogen and oxygen atoms in total. The number of nitrogens with zero attached hydrogens (tertiary/aromatic N) is 4. The Kier molecular flexibility index (Phi) is 5.52. The fourth-order valence-corrected chi connectivity index (χ4v) is 6.58. The molecule has 0 aromatic carbocycles. The molecule has 10 heteroatoms. The summed E-state index contributed by atoms with van der Waals surface area (Å²) in [5, 5.41) is 0.857. The lowest BCUT2D eigenvalue weighted by atomic mass is 10.0. The quantitative estimate of drug-likeness (QED) is 0.605. The molecule has 33 heavy (non-hydrogen) atoms. The first-order valence-electron chi connectivity index (χ1n) is 11.4. The molecule has 5 rings (SSSR count). The molecule has 0 saturated carbocycles. The predicted molar refractivity (Wildman–Crippen MR) is 126 cm³/mol. The van der Waals surface area contributed by atoms with E-state index in [4.69, 9.17) is 19.4 Å². The number of hydrogen-bond acceptors (Lipinski definition) is 8. The smallest absolute Gasteiger partial charge is 0.215 e. The van der Waals surface area contributed by atoms with Crippen molar-refractivity contribution in [2.75, 3.05) is 37.0 Å². The summed E-state index contributed by atoms with van der Waals surface area (Å²) in [6.45, 7) is 8.13. The summed E-state index contributed by atoms with van der Waals surface area (Å²) >= 11 is 0. The molecule has 5 heterocycles. The highest BCUT2D eigenvalue weighted by atomic mass is 32.2. The van der Waals surface area contributed by atoms with Crippen molar-refractivity contribution in [1.82, 2.24) is 19.9 Å². The zero-order valence-corrected chi connectivity index (χ0v) is 20.0. The summed E-state index contributed by atoms with van der Waals surface area (Å²) in [5.74, 6) is 1.83. The Morgan fingerprint density at radius 1 is 1.30 bits per heavy atom.